The Kier molecular flexibility index (Phi) is 7.47. The molecule has 132 valence electrons. The van der Waals surface area contributed by atoms with E-state index >= 15 is 0 Å². The second kappa shape index (κ2) is 7.72. The van der Waals surface area contributed by atoms with Crippen LogP contribution in [0.25, 0.3) is 0 Å². The first-order valence-electron chi connectivity index (χ1n) is 5.76. The van der Waals surface area contributed by atoms with Gasteiger partial charge in [0.25, 0.3) is 6.47 Å². The Balaban J connectivity index is 4.46. The molecule has 2 unspecified atom stereocenters. The van der Waals surface area contributed by atoms with Crippen molar-refractivity contribution in [3.05, 3.63) is 0 Å². The minimum atomic E-state index is -5.91. The predicted molar refractivity (Wildman–Crippen MR) is 61.3 cm³/mol. The summed E-state index contributed by atoms with van der Waals surface area (Å²) in [6, 6.07) is 0. The van der Waals surface area contributed by atoms with Crippen molar-refractivity contribution in [3.63, 3.8) is 0 Å². The Morgan fingerprint density at radius 3 is 1.91 bits per heavy atom. The van der Waals surface area contributed by atoms with Gasteiger partial charge in [-0.25, -0.2) is 4.39 Å². The fourth-order valence-corrected chi connectivity index (χ4v) is 1.46. The highest BCUT2D eigenvalue weighted by Gasteiger charge is 2.58. The number of alkyl halides is 8. The molecule has 0 aromatic heterocycles. The minimum Gasteiger partial charge on any atom is -0.468 e. The van der Waals surface area contributed by atoms with Crippen LogP contribution in [0.4, 0.5) is 35.1 Å². The van der Waals surface area contributed by atoms with E-state index in [-0.39, 0.29) is 19.5 Å². The smallest absolute Gasteiger partial charge is 0.453 e. The average molecular weight is 364 g/mol. The lowest BCUT2D eigenvalue weighted by Crippen LogP contribution is -2.43. The zero-order chi connectivity index (χ0) is 17.7. The van der Waals surface area contributed by atoms with Crippen LogP contribution in [0.5, 0.6) is 0 Å². The molecule has 0 aliphatic carbocycles. The molecule has 0 heterocycles. The van der Waals surface area contributed by atoms with Gasteiger partial charge in [-0.3, -0.25) is 4.79 Å². The second-order valence-corrected chi connectivity index (χ2v) is 5.17. The van der Waals surface area contributed by atoms with Crippen molar-refractivity contribution in [3.8, 4) is 0 Å². The standard InChI is InChI=1S/C10H13F8O3P/c11-7(12,9(14,15)16)3-5-21-10(17,18)8(13,22)2-1-4-20-6-19/h6H,1-5,22H2. The Bertz CT molecular complexity index is 359. The van der Waals surface area contributed by atoms with Gasteiger partial charge in [0.15, 0.2) is 0 Å². The van der Waals surface area contributed by atoms with Gasteiger partial charge in [0, 0.05) is 6.42 Å². The number of carbonyl (C=O) groups is 1. The van der Waals surface area contributed by atoms with Crippen LogP contribution in [0.15, 0.2) is 0 Å². The van der Waals surface area contributed by atoms with Crippen LogP contribution in [-0.4, -0.2) is 43.3 Å². The maximum Gasteiger partial charge on any atom is 0.453 e. The summed E-state index contributed by atoms with van der Waals surface area (Å²) in [5.41, 5.74) is 0. The first kappa shape index (κ1) is 21.3. The van der Waals surface area contributed by atoms with E-state index in [9.17, 15) is 39.9 Å². The fraction of sp³-hybridized carbons (Fsp3) is 0.900. The molecule has 3 nitrogen and oxygen atoms in total. The maximum absolute atomic E-state index is 13.7. The van der Waals surface area contributed by atoms with Crippen molar-refractivity contribution >= 4 is 15.7 Å². The zero-order valence-corrected chi connectivity index (χ0v) is 12.1. The molecule has 0 radical (unpaired) electrons. The van der Waals surface area contributed by atoms with E-state index in [1.54, 1.807) is 0 Å². The van der Waals surface area contributed by atoms with E-state index in [0.29, 0.717) is 0 Å². The molecule has 12 heteroatoms. The number of hydrogen-bond acceptors (Lipinski definition) is 3. The Morgan fingerprint density at radius 2 is 1.45 bits per heavy atom. The summed E-state index contributed by atoms with van der Waals surface area (Å²) in [6.07, 6.45) is -13.8. The summed E-state index contributed by atoms with van der Waals surface area (Å²) in [5, 5.41) is -3.41. The SMILES string of the molecule is O=COCCCC(F)(P)C(F)(F)OCCC(F)(F)C(F)(F)F. The Labute approximate surface area is 122 Å². The monoisotopic (exact) mass is 364 g/mol. The van der Waals surface area contributed by atoms with E-state index in [1.165, 1.54) is 0 Å². The van der Waals surface area contributed by atoms with Crippen molar-refractivity contribution in [1.29, 1.82) is 0 Å². The van der Waals surface area contributed by atoms with Crippen LogP contribution < -0.4 is 0 Å². The fourth-order valence-electron chi connectivity index (χ4n) is 1.18. The predicted octanol–water partition coefficient (Wildman–Crippen LogP) is 3.68. The quantitative estimate of drug-likeness (QED) is 0.257. The van der Waals surface area contributed by atoms with Gasteiger partial charge in [-0.2, -0.15) is 30.7 Å². The number of hydrogen-bond donors (Lipinski definition) is 0. The normalized spacial score (nSPS) is 16.2. The number of ether oxygens (including phenoxy) is 2. The number of carbonyl (C=O) groups excluding carboxylic acids is 1. The first-order valence-corrected chi connectivity index (χ1v) is 6.34. The molecule has 2 atom stereocenters. The van der Waals surface area contributed by atoms with Crippen molar-refractivity contribution in [1.82, 2.24) is 0 Å². The highest BCUT2D eigenvalue weighted by molar-refractivity contribution is 7.18. The molecule has 0 fully saturated rings. The van der Waals surface area contributed by atoms with Crippen LogP contribution in [0.2, 0.25) is 0 Å². The minimum absolute atomic E-state index is 0.0105. The molecular formula is C10H13F8O3P. The molecule has 0 saturated heterocycles. The zero-order valence-electron chi connectivity index (χ0n) is 10.9. The van der Waals surface area contributed by atoms with Gasteiger partial charge in [0.2, 0.25) is 5.41 Å². The molecule has 0 aromatic rings. The van der Waals surface area contributed by atoms with Gasteiger partial charge in [0.05, 0.1) is 13.2 Å². The summed E-state index contributed by atoms with van der Waals surface area (Å²) < 4.78 is 108. The molecule has 0 aliphatic rings. The van der Waals surface area contributed by atoms with E-state index < -0.39 is 43.1 Å². The Morgan fingerprint density at radius 1 is 0.909 bits per heavy atom. The van der Waals surface area contributed by atoms with Crippen molar-refractivity contribution in [2.75, 3.05) is 13.2 Å². The van der Waals surface area contributed by atoms with E-state index in [4.69, 9.17) is 0 Å². The average Bonchev–Trinajstić information content (AvgIpc) is 2.32. The highest BCUT2D eigenvalue weighted by atomic mass is 31.0. The maximum atomic E-state index is 13.7. The molecule has 0 aliphatic heterocycles. The molecule has 0 bridgehead atoms. The third-order valence-corrected chi connectivity index (χ3v) is 3.09. The van der Waals surface area contributed by atoms with Gasteiger partial charge in [-0.1, -0.05) is 9.24 Å². The topological polar surface area (TPSA) is 35.5 Å². The van der Waals surface area contributed by atoms with E-state index in [0.717, 1.165) is 9.24 Å². The largest absolute Gasteiger partial charge is 0.468 e. The molecule has 22 heavy (non-hydrogen) atoms. The summed E-state index contributed by atoms with van der Waals surface area (Å²) in [5.74, 6) is -5.22. The van der Waals surface area contributed by atoms with Crippen LogP contribution >= 0.6 is 9.24 Å². The van der Waals surface area contributed by atoms with Crippen molar-refractivity contribution in [2.45, 2.75) is 42.9 Å². The molecule has 0 spiro atoms. The second-order valence-electron chi connectivity index (χ2n) is 4.25. The van der Waals surface area contributed by atoms with Gasteiger partial charge in [-0.05, 0) is 12.8 Å². The summed E-state index contributed by atoms with van der Waals surface area (Å²) >= 11 is 0. The number of rotatable bonds is 10. The highest BCUT2D eigenvalue weighted by Crippen LogP contribution is 2.44. The third kappa shape index (κ3) is 6.20. The van der Waals surface area contributed by atoms with Crippen molar-refractivity contribution < 1.29 is 49.4 Å². The lowest BCUT2D eigenvalue weighted by Gasteiger charge is -2.30. The van der Waals surface area contributed by atoms with Gasteiger partial charge in [0.1, 0.15) is 0 Å². The molecule has 0 amide bonds. The van der Waals surface area contributed by atoms with Gasteiger partial charge < -0.3 is 9.47 Å². The van der Waals surface area contributed by atoms with Crippen LogP contribution in [0.3, 0.4) is 0 Å². The first-order chi connectivity index (χ1) is 9.77. The molecular weight excluding hydrogens is 351 g/mol. The van der Waals surface area contributed by atoms with Crippen molar-refractivity contribution in [2.24, 2.45) is 0 Å². The van der Waals surface area contributed by atoms with Crippen LogP contribution in [-0.2, 0) is 14.3 Å². The summed E-state index contributed by atoms with van der Waals surface area (Å²) in [4.78, 5) is 9.79. The lowest BCUT2D eigenvalue weighted by atomic mass is 10.2. The molecule has 0 N–H and O–H groups in total. The summed E-state index contributed by atoms with van der Waals surface area (Å²) in [7, 11) is 1.10. The number of halogens is 8. The van der Waals surface area contributed by atoms with Crippen LogP contribution in [0, 0.1) is 0 Å². The Hall–Kier alpha value is -0.700. The lowest BCUT2D eigenvalue weighted by molar-refractivity contribution is -0.313. The molecule has 0 saturated carbocycles. The van der Waals surface area contributed by atoms with Gasteiger partial charge in [-0.15, -0.1) is 0 Å². The molecule has 0 rings (SSSR count). The third-order valence-electron chi connectivity index (χ3n) is 2.47. The van der Waals surface area contributed by atoms with Crippen LogP contribution in [0.1, 0.15) is 19.3 Å². The van der Waals surface area contributed by atoms with E-state index in [2.05, 4.69) is 9.47 Å². The van der Waals surface area contributed by atoms with Gasteiger partial charge >= 0.3 is 18.2 Å². The summed E-state index contributed by atoms with van der Waals surface area (Å²) in [6.45, 7) is -2.06. The molecule has 0 aromatic carbocycles. The van der Waals surface area contributed by atoms with E-state index in [1.807, 2.05) is 0 Å².